The Labute approximate surface area is 203 Å². The average Bonchev–Trinajstić information content (AvgIpc) is 2.88. The highest BCUT2D eigenvalue weighted by atomic mass is 19.4. The predicted molar refractivity (Wildman–Crippen MR) is 128 cm³/mol. The molecule has 0 spiro atoms. The lowest BCUT2D eigenvalue weighted by Gasteiger charge is -2.42. The molecule has 1 heterocycles. The maximum Gasteiger partial charge on any atom is 0.416 e. The van der Waals surface area contributed by atoms with Crippen molar-refractivity contribution >= 4 is 0 Å². The van der Waals surface area contributed by atoms with Crippen molar-refractivity contribution in [3.8, 4) is 5.75 Å². The van der Waals surface area contributed by atoms with E-state index >= 15 is 0 Å². The van der Waals surface area contributed by atoms with Crippen molar-refractivity contribution in [2.45, 2.75) is 30.7 Å². The van der Waals surface area contributed by atoms with Gasteiger partial charge < -0.3 is 19.8 Å². The Morgan fingerprint density at radius 2 is 1.37 bits per heavy atom. The molecule has 0 bridgehead atoms. The van der Waals surface area contributed by atoms with E-state index in [9.17, 15) is 23.4 Å². The first-order valence-corrected chi connectivity index (χ1v) is 11.8. The molecule has 7 heteroatoms. The molecule has 186 valence electrons. The fourth-order valence-corrected chi connectivity index (χ4v) is 4.86. The van der Waals surface area contributed by atoms with Crippen LogP contribution in [0.2, 0.25) is 0 Å². The van der Waals surface area contributed by atoms with E-state index in [4.69, 9.17) is 4.74 Å². The summed E-state index contributed by atoms with van der Waals surface area (Å²) in [6.45, 7) is 1.63. The van der Waals surface area contributed by atoms with Crippen molar-refractivity contribution in [3.05, 3.63) is 102 Å². The monoisotopic (exact) mass is 485 g/mol. The first-order valence-electron chi connectivity index (χ1n) is 11.8. The molecule has 1 saturated heterocycles. The van der Waals surface area contributed by atoms with E-state index in [0.29, 0.717) is 19.6 Å². The zero-order valence-corrected chi connectivity index (χ0v) is 19.4. The molecule has 1 fully saturated rings. The third kappa shape index (κ3) is 6.04. The molecule has 0 amide bonds. The molecule has 0 saturated carbocycles. The van der Waals surface area contributed by atoms with Crippen molar-refractivity contribution in [2.24, 2.45) is 5.92 Å². The van der Waals surface area contributed by atoms with Crippen LogP contribution in [0.1, 0.15) is 29.5 Å². The summed E-state index contributed by atoms with van der Waals surface area (Å²) in [6, 6.07) is 24.0. The molecule has 4 nitrogen and oxygen atoms in total. The minimum absolute atomic E-state index is 0.00190. The normalized spacial score (nSPS) is 16.7. The van der Waals surface area contributed by atoms with Gasteiger partial charge in [-0.15, -0.1) is 0 Å². The van der Waals surface area contributed by atoms with Gasteiger partial charge in [0.25, 0.3) is 0 Å². The molecule has 3 aromatic rings. The number of aliphatic hydroxyl groups excluding tert-OH is 1. The lowest BCUT2D eigenvalue weighted by molar-refractivity contribution is -0.137. The van der Waals surface area contributed by atoms with Gasteiger partial charge in [-0.25, -0.2) is 0 Å². The summed E-state index contributed by atoms with van der Waals surface area (Å²) in [5.74, 6) is 0.0791. The molecule has 0 aliphatic carbocycles. The Kier molecular flexibility index (Phi) is 7.79. The van der Waals surface area contributed by atoms with E-state index in [1.54, 1.807) is 0 Å². The van der Waals surface area contributed by atoms with Gasteiger partial charge in [0.15, 0.2) is 0 Å². The van der Waals surface area contributed by atoms with Crippen LogP contribution >= 0.6 is 0 Å². The zero-order chi connectivity index (χ0) is 24.9. The number of hydrogen-bond donors (Lipinski definition) is 2. The number of rotatable bonds is 8. The first kappa shape index (κ1) is 25.2. The topological polar surface area (TPSA) is 52.9 Å². The van der Waals surface area contributed by atoms with Crippen LogP contribution in [-0.4, -0.2) is 47.5 Å². The van der Waals surface area contributed by atoms with Gasteiger partial charge in [0.2, 0.25) is 0 Å². The summed E-state index contributed by atoms with van der Waals surface area (Å²) in [7, 11) is 0. The SMILES string of the molecule is O[C@H](COc1cccc(C(F)(F)F)c1)CN1CCC(C(O)(c2ccccc2)c2ccccc2)CC1. The molecule has 1 aliphatic rings. The van der Waals surface area contributed by atoms with Crippen LogP contribution in [0.15, 0.2) is 84.9 Å². The van der Waals surface area contributed by atoms with Crippen LogP contribution in [0.5, 0.6) is 5.75 Å². The number of ether oxygens (including phenoxy) is 1. The second kappa shape index (κ2) is 10.8. The van der Waals surface area contributed by atoms with Crippen LogP contribution in [0.4, 0.5) is 13.2 Å². The quantitative estimate of drug-likeness (QED) is 0.467. The van der Waals surface area contributed by atoms with Gasteiger partial charge in [-0.05, 0) is 61.2 Å². The third-order valence-electron chi connectivity index (χ3n) is 6.68. The number of aliphatic hydroxyl groups is 2. The van der Waals surface area contributed by atoms with Crippen LogP contribution in [0.3, 0.4) is 0 Å². The van der Waals surface area contributed by atoms with Crippen LogP contribution in [0.25, 0.3) is 0 Å². The number of hydrogen-bond acceptors (Lipinski definition) is 4. The van der Waals surface area contributed by atoms with Gasteiger partial charge in [0, 0.05) is 6.54 Å². The molecule has 0 aromatic heterocycles. The number of piperidine rings is 1. The summed E-state index contributed by atoms with van der Waals surface area (Å²) < 4.78 is 44.1. The smallest absolute Gasteiger partial charge is 0.416 e. The number of nitrogens with zero attached hydrogens (tertiary/aromatic N) is 1. The van der Waals surface area contributed by atoms with Gasteiger partial charge in [0.05, 0.1) is 5.56 Å². The van der Waals surface area contributed by atoms with Crippen LogP contribution in [0, 0.1) is 5.92 Å². The Balaban J connectivity index is 1.35. The van der Waals surface area contributed by atoms with Gasteiger partial charge in [-0.2, -0.15) is 13.2 Å². The number of alkyl halides is 3. The summed E-state index contributed by atoms with van der Waals surface area (Å²) in [5.41, 5.74) is -0.172. The number of benzene rings is 3. The van der Waals surface area contributed by atoms with Crippen molar-refractivity contribution in [2.75, 3.05) is 26.2 Å². The summed E-state index contributed by atoms with van der Waals surface area (Å²) in [5, 5.41) is 22.4. The lowest BCUT2D eigenvalue weighted by Crippen LogP contribution is -2.46. The first-order chi connectivity index (χ1) is 16.8. The highest BCUT2D eigenvalue weighted by molar-refractivity contribution is 5.37. The average molecular weight is 486 g/mol. The van der Waals surface area contributed by atoms with E-state index in [-0.39, 0.29) is 18.3 Å². The van der Waals surface area contributed by atoms with Gasteiger partial charge in [-0.1, -0.05) is 66.7 Å². The van der Waals surface area contributed by atoms with Crippen molar-refractivity contribution in [1.29, 1.82) is 0 Å². The summed E-state index contributed by atoms with van der Waals surface area (Å²) in [6.07, 6.45) is -3.81. The Morgan fingerprint density at radius 1 is 0.829 bits per heavy atom. The molecule has 0 unspecified atom stereocenters. The van der Waals surface area contributed by atoms with Crippen LogP contribution in [-0.2, 0) is 11.8 Å². The fourth-order valence-electron chi connectivity index (χ4n) is 4.86. The minimum Gasteiger partial charge on any atom is -0.491 e. The molecule has 1 atom stereocenters. The van der Waals surface area contributed by atoms with Crippen LogP contribution < -0.4 is 4.74 Å². The molecule has 1 aliphatic heterocycles. The van der Waals surface area contributed by atoms with Crippen molar-refractivity contribution in [1.82, 2.24) is 4.90 Å². The van der Waals surface area contributed by atoms with Crippen molar-refractivity contribution in [3.63, 3.8) is 0 Å². The Morgan fingerprint density at radius 3 is 1.91 bits per heavy atom. The summed E-state index contributed by atoms with van der Waals surface area (Å²) >= 11 is 0. The molecule has 4 rings (SSSR count). The van der Waals surface area contributed by atoms with Gasteiger partial charge in [0.1, 0.15) is 24.1 Å². The van der Waals surface area contributed by atoms with E-state index in [0.717, 1.165) is 36.1 Å². The second-order valence-corrected chi connectivity index (χ2v) is 9.06. The largest absolute Gasteiger partial charge is 0.491 e. The zero-order valence-electron chi connectivity index (χ0n) is 19.4. The fraction of sp³-hybridized carbons (Fsp3) is 0.357. The third-order valence-corrected chi connectivity index (χ3v) is 6.68. The van der Waals surface area contributed by atoms with E-state index in [1.807, 2.05) is 60.7 Å². The Bertz CT molecular complexity index is 1030. The highest BCUT2D eigenvalue weighted by Crippen LogP contribution is 2.42. The number of likely N-dealkylation sites (tertiary alicyclic amines) is 1. The molecular weight excluding hydrogens is 455 g/mol. The van der Waals surface area contributed by atoms with Crippen molar-refractivity contribution < 1.29 is 28.1 Å². The van der Waals surface area contributed by atoms with E-state index in [2.05, 4.69) is 4.90 Å². The molecule has 3 aromatic carbocycles. The van der Waals surface area contributed by atoms with Gasteiger partial charge >= 0.3 is 6.18 Å². The van der Waals surface area contributed by atoms with E-state index in [1.165, 1.54) is 12.1 Å². The number of halogens is 3. The maximum atomic E-state index is 12.9. The lowest BCUT2D eigenvalue weighted by atomic mass is 9.72. The molecule has 2 N–H and O–H groups in total. The Hall–Kier alpha value is -2.87. The standard InChI is InChI=1S/C28H30F3NO3/c29-28(30,31)24-12-7-13-26(18-24)35-20-25(33)19-32-16-14-23(15-17-32)27(34,21-8-3-1-4-9-21)22-10-5-2-6-11-22/h1-13,18,23,25,33-34H,14-17,19-20H2/t25-/m0/s1. The second-order valence-electron chi connectivity index (χ2n) is 9.06. The maximum absolute atomic E-state index is 12.9. The highest BCUT2D eigenvalue weighted by Gasteiger charge is 2.41. The molecule has 0 radical (unpaired) electrons. The molecule has 35 heavy (non-hydrogen) atoms. The number of β-amino-alcohol motifs (C(OH)–C–C–N with tert-alkyl or cyclic N) is 1. The summed E-state index contributed by atoms with van der Waals surface area (Å²) in [4.78, 5) is 2.10. The van der Waals surface area contributed by atoms with E-state index < -0.39 is 23.4 Å². The predicted octanol–water partition coefficient (Wildman–Crippen LogP) is 5.09. The van der Waals surface area contributed by atoms with Gasteiger partial charge in [-0.3, -0.25) is 0 Å². The molecular formula is C28H30F3NO3. The minimum atomic E-state index is -4.44.